The van der Waals surface area contributed by atoms with Crippen molar-refractivity contribution in [2.24, 2.45) is 16.6 Å². The number of aliphatic imine (C=N–C) groups is 1. The van der Waals surface area contributed by atoms with Crippen LogP contribution in [0, 0.1) is 11.3 Å². The molecule has 3 aliphatic rings. The van der Waals surface area contributed by atoms with Crippen molar-refractivity contribution < 1.29 is 0 Å². The zero-order valence-corrected chi connectivity index (χ0v) is 30.6. The van der Waals surface area contributed by atoms with Gasteiger partial charge < -0.3 is 20.4 Å². The summed E-state index contributed by atoms with van der Waals surface area (Å²) in [5.74, 6) is 2.40. The Hall–Kier alpha value is -4.32. The number of hydrogen-bond donors (Lipinski definition) is 2. The van der Waals surface area contributed by atoms with Gasteiger partial charge in [0.15, 0.2) is 11.9 Å². The molecule has 0 radical (unpaired) electrons. The number of nitrogens with zero attached hydrogens (tertiary/aromatic N) is 4. The normalized spacial score (nSPS) is 19.7. The van der Waals surface area contributed by atoms with Crippen LogP contribution in [0.25, 0.3) is 21.9 Å². The van der Waals surface area contributed by atoms with Gasteiger partial charge in [0.05, 0.1) is 18.6 Å². The molecule has 0 bridgehead atoms. The Morgan fingerprint density at radius 3 is 2.18 bits per heavy atom. The van der Waals surface area contributed by atoms with Crippen LogP contribution in [-0.4, -0.2) is 71.4 Å². The minimum Gasteiger partial charge on any atom is -0.370 e. The zero-order chi connectivity index (χ0) is 34.8. The molecule has 6 heteroatoms. The van der Waals surface area contributed by atoms with Crippen LogP contribution in [0.15, 0.2) is 102 Å². The number of benzene rings is 4. The standard InChI is InChI=1S/C45H58N6/c46-44-48-33-42(50(44)29-12-9-15-35-13-3-1-4-14-35)20-10-11-28-49-34-43(32-37-23-26-39-18-7-8-19-41(39)31-37)51(45(49)47)30-27-36-21-24-40(25-22-36)38-16-5-2-6-17-38/h2,5-8,16-19,21-26,31,35,42-43,47H,1,3-4,9-15,20,27-30,32-34H2,(H2,46,48)/t42-,43+/m0/s1. The van der Waals surface area contributed by atoms with E-state index in [2.05, 4.69) is 117 Å². The van der Waals surface area contributed by atoms with E-state index in [-0.39, 0.29) is 6.04 Å². The Bertz CT molecular complexity index is 1730. The minimum atomic E-state index is 0.286. The van der Waals surface area contributed by atoms with Gasteiger partial charge in [-0.15, -0.1) is 0 Å². The third kappa shape index (κ3) is 9.13. The lowest BCUT2D eigenvalue weighted by Gasteiger charge is -2.27. The van der Waals surface area contributed by atoms with Gasteiger partial charge in [0.25, 0.3) is 0 Å². The Morgan fingerprint density at radius 1 is 0.647 bits per heavy atom. The maximum Gasteiger partial charge on any atom is 0.194 e. The maximum absolute atomic E-state index is 9.34. The minimum absolute atomic E-state index is 0.286. The fraction of sp³-hybridized carbons (Fsp3) is 0.467. The van der Waals surface area contributed by atoms with Gasteiger partial charge in [0, 0.05) is 26.2 Å². The molecule has 51 heavy (non-hydrogen) atoms. The molecule has 2 fully saturated rings. The molecule has 3 N–H and O–H groups in total. The summed E-state index contributed by atoms with van der Waals surface area (Å²) in [6.45, 7) is 4.57. The van der Waals surface area contributed by atoms with Crippen LogP contribution in [0.3, 0.4) is 0 Å². The van der Waals surface area contributed by atoms with E-state index in [1.54, 1.807) is 0 Å². The van der Waals surface area contributed by atoms with Gasteiger partial charge in [0.1, 0.15) is 0 Å². The summed E-state index contributed by atoms with van der Waals surface area (Å²) in [6.07, 6.45) is 16.3. The van der Waals surface area contributed by atoms with Crippen LogP contribution in [0.4, 0.5) is 0 Å². The fourth-order valence-electron chi connectivity index (χ4n) is 8.83. The van der Waals surface area contributed by atoms with Crippen molar-refractivity contribution in [2.75, 3.05) is 32.7 Å². The second kappa shape index (κ2) is 17.3. The Balaban J connectivity index is 0.929. The first-order chi connectivity index (χ1) is 25.1. The third-order valence-electron chi connectivity index (χ3n) is 11.8. The van der Waals surface area contributed by atoms with E-state index in [4.69, 9.17) is 5.73 Å². The monoisotopic (exact) mass is 682 g/mol. The van der Waals surface area contributed by atoms with Crippen molar-refractivity contribution in [1.29, 1.82) is 5.41 Å². The molecule has 1 saturated carbocycles. The molecule has 2 heterocycles. The smallest absolute Gasteiger partial charge is 0.194 e. The summed E-state index contributed by atoms with van der Waals surface area (Å²) >= 11 is 0. The molecule has 2 atom stereocenters. The van der Waals surface area contributed by atoms with Crippen molar-refractivity contribution in [3.8, 4) is 11.1 Å². The summed E-state index contributed by atoms with van der Waals surface area (Å²) in [5.41, 5.74) is 11.5. The quantitative estimate of drug-likeness (QED) is 0.116. The van der Waals surface area contributed by atoms with Gasteiger partial charge >= 0.3 is 0 Å². The van der Waals surface area contributed by atoms with Crippen molar-refractivity contribution in [3.05, 3.63) is 108 Å². The van der Waals surface area contributed by atoms with Crippen LogP contribution in [0.5, 0.6) is 0 Å². The van der Waals surface area contributed by atoms with Gasteiger partial charge in [-0.1, -0.05) is 142 Å². The molecule has 1 aliphatic carbocycles. The first-order valence-electron chi connectivity index (χ1n) is 19.9. The summed E-state index contributed by atoms with van der Waals surface area (Å²) < 4.78 is 0. The molecule has 268 valence electrons. The molecule has 2 aliphatic heterocycles. The molecule has 0 unspecified atom stereocenters. The lowest BCUT2D eigenvalue weighted by molar-refractivity contribution is 0.289. The molecule has 0 aromatic heterocycles. The molecular formula is C45H58N6. The van der Waals surface area contributed by atoms with Crippen molar-refractivity contribution in [2.45, 2.75) is 95.6 Å². The van der Waals surface area contributed by atoms with E-state index in [0.717, 1.165) is 76.7 Å². The van der Waals surface area contributed by atoms with Crippen LogP contribution in [0.1, 0.15) is 81.8 Å². The summed E-state index contributed by atoms with van der Waals surface area (Å²) in [6, 6.07) is 35.8. The second-order valence-electron chi connectivity index (χ2n) is 15.4. The highest BCUT2D eigenvalue weighted by Gasteiger charge is 2.34. The summed E-state index contributed by atoms with van der Waals surface area (Å²) in [5, 5.41) is 11.9. The topological polar surface area (TPSA) is 71.9 Å². The Labute approximate surface area is 306 Å². The number of rotatable bonds is 16. The molecule has 0 amide bonds. The highest BCUT2D eigenvalue weighted by Crippen LogP contribution is 2.29. The molecule has 7 rings (SSSR count). The number of unbranched alkanes of at least 4 members (excludes halogenated alkanes) is 2. The van der Waals surface area contributed by atoms with Gasteiger partial charge in [-0.3, -0.25) is 10.4 Å². The zero-order valence-electron chi connectivity index (χ0n) is 30.6. The average Bonchev–Trinajstić information content (AvgIpc) is 3.68. The van der Waals surface area contributed by atoms with Crippen LogP contribution in [0.2, 0.25) is 0 Å². The number of nitrogens with one attached hydrogen (secondary N) is 1. The van der Waals surface area contributed by atoms with E-state index < -0.39 is 0 Å². The van der Waals surface area contributed by atoms with Gasteiger partial charge in [-0.25, -0.2) is 0 Å². The maximum atomic E-state index is 9.34. The molecular weight excluding hydrogens is 625 g/mol. The molecule has 4 aromatic carbocycles. The van der Waals surface area contributed by atoms with E-state index in [0.29, 0.717) is 12.0 Å². The van der Waals surface area contributed by atoms with E-state index >= 15 is 0 Å². The molecule has 0 spiro atoms. The lowest BCUT2D eigenvalue weighted by atomic mass is 9.86. The first kappa shape index (κ1) is 35.1. The first-order valence-corrected chi connectivity index (χ1v) is 19.9. The van der Waals surface area contributed by atoms with Gasteiger partial charge in [-0.2, -0.15) is 0 Å². The summed E-state index contributed by atoms with van der Waals surface area (Å²) in [4.78, 5) is 11.8. The highest BCUT2D eigenvalue weighted by molar-refractivity contribution is 5.83. The molecule has 6 nitrogen and oxygen atoms in total. The Kier molecular flexibility index (Phi) is 11.9. The number of guanidine groups is 2. The predicted molar refractivity (Wildman–Crippen MR) is 214 cm³/mol. The van der Waals surface area contributed by atoms with E-state index in [1.165, 1.54) is 84.4 Å². The molecule has 1 saturated heterocycles. The van der Waals surface area contributed by atoms with Crippen LogP contribution < -0.4 is 5.73 Å². The Morgan fingerprint density at radius 2 is 1.35 bits per heavy atom. The predicted octanol–water partition coefficient (Wildman–Crippen LogP) is 9.13. The highest BCUT2D eigenvalue weighted by atomic mass is 15.4. The van der Waals surface area contributed by atoms with E-state index in [9.17, 15) is 5.41 Å². The second-order valence-corrected chi connectivity index (χ2v) is 15.4. The SMILES string of the molecule is N=C1N(CCCC[C@H]2CN=C(N)N2CCCCC2CCCCC2)C[C@@H](Cc2ccc3ccccc3c2)N1CCc1ccc(-c2ccccc2)cc1. The number of hydrogen-bond acceptors (Lipinski definition) is 4. The summed E-state index contributed by atoms with van der Waals surface area (Å²) in [7, 11) is 0. The van der Waals surface area contributed by atoms with Gasteiger partial charge in [-0.05, 0) is 77.5 Å². The number of nitrogens with two attached hydrogens (primary N) is 1. The van der Waals surface area contributed by atoms with Crippen molar-refractivity contribution >= 4 is 22.7 Å². The lowest BCUT2D eigenvalue weighted by Crippen LogP contribution is -2.41. The van der Waals surface area contributed by atoms with Crippen LogP contribution >= 0.6 is 0 Å². The average molecular weight is 683 g/mol. The fourth-order valence-corrected chi connectivity index (χ4v) is 8.83. The third-order valence-corrected chi connectivity index (χ3v) is 11.8. The van der Waals surface area contributed by atoms with E-state index in [1.807, 2.05) is 0 Å². The largest absolute Gasteiger partial charge is 0.370 e. The number of fused-ring (bicyclic) bond motifs is 1. The van der Waals surface area contributed by atoms with Crippen molar-refractivity contribution in [1.82, 2.24) is 14.7 Å². The van der Waals surface area contributed by atoms with Crippen LogP contribution in [-0.2, 0) is 12.8 Å². The van der Waals surface area contributed by atoms with Crippen molar-refractivity contribution in [3.63, 3.8) is 0 Å². The van der Waals surface area contributed by atoms with Gasteiger partial charge in [0.2, 0.25) is 0 Å². The molecule has 4 aromatic rings.